The Morgan fingerprint density at radius 1 is 0.875 bits per heavy atom. The summed E-state index contributed by atoms with van der Waals surface area (Å²) in [5.74, 6) is -0.254. The average molecular weight is 449 g/mol. The molecule has 164 valence electrons. The molecule has 0 saturated carbocycles. The average Bonchev–Trinajstić information content (AvgIpc) is 2.85. The number of carbonyl (C=O) groups is 2. The SMILES string of the molecule is O=C(NCc1ccccc1Cl)c1ccc(NC(=O)C2(c3ccccc3)CCOCC2)cc1. The van der Waals surface area contributed by atoms with E-state index >= 15 is 0 Å². The molecule has 1 saturated heterocycles. The molecule has 4 rings (SSSR count). The number of amides is 2. The molecule has 1 heterocycles. The third kappa shape index (κ3) is 4.85. The van der Waals surface area contributed by atoms with Crippen LogP contribution in [0, 0.1) is 0 Å². The van der Waals surface area contributed by atoms with Crippen molar-refractivity contribution in [2.24, 2.45) is 0 Å². The van der Waals surface area contributed by atoms with Crippen LogP contribution in [0.25, 0.3) is 0 Å². The lowest BCUT2D eigenvalue weighted by Gasteiger charge is -2.36. The van der Waals surface area contributed by atoms with Crippen molar-refractivity contribution in [2.75, 3.05) is 18.5 Å². The third-order valence-electron chi connectivity index (χ3n) is 5.91. The van der Waals surface area contributed by atoms with Gasteiger partial charge in [0.25, 0.3) is 5.91 Å². The molecule has 5 nitrogen and oxygen atoms in total. The molecule has 0 aliphatic carbocycles. The smallest absolute Gasteiger partial charge is 0.251 e. The van der Waals surface area contributed by atoms with E-state index in [4.69, 9.17) is 16.3 Å². The molecule has 0 spiro atoms. The summed E-state index contributed by atoms with van der Waals surface area (Å²) in [7, 11) is 0. The fraction of sp³-hybridized carbons (Fsp3) is 0.231. The molecule has 1 aliphatic heterocycles. The van der Waals surface area contributed by atoms with Crippen molar-refractivity contribution in [3.05, 3.63) is 101 Å². The number of carbonyl (C=O) groups excluding carboxylic acids is 2. The largest absolute Gasteiger partial charge is 0.381 e. The second kappa shape index (κ2) is 9.98. The Labute approximate surface area is 192 Å². The maximum atomic E-state index is 13.3. The van der Waals surface area contributed by atoms with Gasteiger partial charge in [-0.25, -0.2) is 0 Å². The summed E-state index contributed by atoms with van der Waals surface area (Å²) in [6, 6.07) is 24.2. The minimum absolute atomic E-state index is 0.0529. The summed E-state index contributed by atoms with van der Waals surface area (Å²) in [4.78, 5) is 25.8. The first-order valence-corrected chi connectivity index (χ1v) is 11.0. The van der Waals surface area contributed by atoms with E-state index < -0.39 is 5.41 Å². The van der Waals surface area contributed by atoms with E-state index in [0.717, 1.165) is 11.1 Å². The molecule has 0 unspecified atom stereocenters. The van der Waals surface area contributed by atoms with Gasteiger partial charge >= 0.3 is 0 Å². The fourth-order valence-electron chi connectivity index (χ4n) is 4.00. The van der Waals surface area contributed by atoms with Crippen LogP contribution in [0.4, 0.5) is 5.69 Å². The van der Waals surface area contributed by atoms with E-state index in [1.54, 1.807) is 30.3 Å². The zero-order valence-electron chi connectivity index (χ0n) is 17.6. The fourth-order valence-corrected chi connectivity index (χ4v) is 4.20. The van der Waals surface area contributed by atoms with Crippen molar-refractivity contribution in [1.82, 2.24) is 5.32 Å². The van der Waals surface area contributed by atoms with Gasteiger partial charge in [-0.05, 0) is 54.3 Å². The zero-order valence-corrected chi connectivity index (χ0v) is 18.4. The Hall–Kier alpha value is -3.15. The van der Waals surface area contributed by atoms with E-state index in [9.17, 15) is 9.59 Å². The van der Waals surface area contributed by atoms with Gasteiger partial charge in [0.05, 0.1) is 5.41 Å². The van der Waals surface area contributed by atoms with Crippen LogP contribution >= 0.6 is 11.6 Å². The van der Waals surface area contributed by atoms with Crippen molar-refractivity contribution in [2.45, 2.75) is 24.8 Å². The first kappa shape index (κ1) is 22.1. The number of nitrogens with one attached hydrogen (secondary N) is 2. The lowest BCUT2D eigenvalue weighted by molar-refractivity contribution is -0.125. The van der Waals surface area contributed by atoms with Crippen LogP contribution in [0.2, 0.25) is 5.02 Å². The van der Waals surface area contributed by atoms with Crippen LogP contribution in [0.3, 0.4) is 0 Å². The number of ether oxygens (including phenoxy) is 1. The van der Waals surface area contributed by atoms with E-state index in [0.29, 0.717) is 48.9 Å². The maximum Gasteiger partial charge on any atom is 0.251 e. The van der Waals surface area contributed by atoms with Crippen molar-refractivity contribution in [3.8, 4) is 0 Å². The second-order valence-corrected chi connectivity index (χ2v) is 8.27. The van der Waals surface area contributed by atoms with Crippen molar-refractivity contribution >= 4 is 29.1 Å². The zero-order chi connectivity index (χ0) is 22.4. The molecule has 0 bridgehead atoms. The van der Waals surface area contributed by atoms with Gasteiger partial charge in [-0.1, -0.05) is 60.1 Å². The molecule has 6 heteroatoms. The Morgan fingerprint density at radius 3 is 2.22 bits per heavy atom. The highest BCUT2D eigenvalue weighted by atomic mass is 35.5. The first-order valence-electron chi connectivity index (χ1n) is 10.6. The standard InChI is InChI=1S/C26H25ClN2O3/c27-23-9-5-4-6-20(23)18-28-24(30)19-10-12-22(13-11-19)29-25(31)26(14-16-32-17-15-26)21-7-2-1-3-8-21/h1-13H,14-18H2,(H,28,30)(H,29,31). The Balaban J connectivity index is 1.43. The monoisotopic (exact) mass is 448 g/mol. The van der Waals surface area contributed by atoms with Crippen LogP contribution in [-0.4, -0.2) is 25.0 Å². The Kier molecular flexibility index (Phi) is 6.88. The first-order chi connectivity index (χ1) is 15.6. The number of hydrogen-bond acceptors (Lipinski definition) is 3. The minimum Gasteiger partial charge on any atom is -0.381 e. The third-order valence-corrected chi connectivity index (χ3v) is 6.28. The van der Waals surface area contributed by atoms with E-state index in [2.05, 4.69) is 10.6 Å². The predicted molar refractivity (Wildman–Crippen MR) is 126 cm³/mol. The minimum atomic E-state index is -0.621. The molecule has 2 N–H and O–H groups in total. The summed E-state index contributed by atoms with van der Waals surface area (Å²) < 4.78 is 5.52. The van der Waals surface area contributed by atoms with E-state index in [1.165, 1.54) is 0 Å². The van der Waals surface area contributed by atoms with Gasteiger partial charge in [0.2, 0.25) is 5.91 Å². The van der Waals surface area contributed by atoms with Gasteiger partial charge in [-0.3, -0.25) is 9.59 Å². The molecular formula is C26H25ClN2O3. The number of benzene rings is 3. The summed E-state index contributed by atoms with van der Waals surface area (Å²) >= 11 is 6.14. The summed E-state index contributed by atoms with van der Waals surface area (Å²) in [6.07, 6.45) is 1.26. The molecule has 2 amide bonds. The van der Waals surface area contributed by atoms with Crippen molar-refractivity contribution < 1.29 is 14.3 Å². The van der Waals surface area contributed by atoms with Gasteiger partial charge < -0.3 is 15.4 Å². The molecular weight excluding hydrogens is 424 g/mol. The predicted octanol–water partition coefficient (Wildman–Crippen LogP) is 4.96. The van der Waals surface area contributed by atoms with Gasteiger partial charge in [0.1, 0.15) is 0 Å². The van der Waals surface area contributed by atoms with Crippen molar-refractivity contribution in [3.63, 3.8) is 0 Å². The lowest BCUT2D eigenvalue weighted by Crippen LogP contribution is -2.44. The molecule has 0 atom stereocenters. The molecule has 0 aromatic heterocycles. The summed E-state index contributed by atoms with van der Waals surface area (Å²) in [5.41, 5.74) is 2.40. The molecule has 1 fully saturated rings. The Morgan fingerprint density at radius 2 is 1.53 bits per heavy atom. The van der Waals surface area contributed by atoms with Gasteiger partial charge in [-0.15, -0.1) is 0 Å². The highest BCUT2D eigenvalue weighted by Gasteiger charge is 2.41. The van der Waals surface area contributed by atoms with Crippen molar-refractivity contribution in [1.29, 1.82) is 0 Å². The van der Waals surface area contributed by atoms with Gasteiger partial charge in [0, 0.05) is 36.0 Å². The van der Waals surface area contributed by atoms with E-state index in [1.807, 2.05) is 48.5 Å². The number of anilines is 1. The van der Waals surface area contributed by atoms with Crippen LogP contribution in [0.1, 0.15) is 34.3 Å². The molecule has 0 radical (unpaired) electrons. The molecule has 3 aromatic carbocycles. The van der Waals surface area contributed by atoms with Crippen LogP contribution < -0.4 is 10.6 Å². The van der Waals surface area contributed by atoms with Crippen LogP contribution in [-0.2, 0) is 21.5 Å². The highest BCUT2D eigenvalue weighted by molar-refractivity contribution is 6.31. The highest BCUT2D eigenvalue weighted by Crippen LogP contribution is 2.36. The Bertz CT molecular complexity index is 1080. The molecule has 32 heavy (non-hydrogen) atoms. The maximum absolute atomic E-state index is 13.3. The van der Waals surface area contributed by atoms with Gasteiger partial charge in [0.15, 0.2) is 0 Å². The normalized spacial score (nSPS) is 15.0. The summed E-state index contributed by atoms with van der Waals surface area (Å²) in [6.45, 7) is 1.44. The molecule has 3 aromatic rings. The lowest BCUT2D eigenvalue weighted by atomic mass is 9.73. The van der Waals surface area contributed by atoms with Crippen LogP contribution in [0.15, 0.2) is 78.9 Å². The van der Waals surface area contributed by atoms with Gasteiger partial charge in [-0.2, -0.15) is 0 Å². The quantitative estimate of drug-likeness (QED) is 0.560. The van der Waals surface area contributed by atoms with E-state index in [-0.39, 0.29) is 11.8 Å². The number of rotatable bonds is 6. The molecule has 1 aliphatic rings. The van der Waals surface area contributed by atoms with Crippen LogP contribution in [0.5, 0.6) is 0 Å². The second-order valence-electron chi connectivity index (χ2n) is 7.87. The number of hydrogen-bond donors (Lipinski definition) is 2. The number of halogens is 1. The topological polar surface area (TPSA) is 67.4 Å². The summed E-state index contributed by atoms with van der Waals surface area (Å²) in [5, 5.41) is 6.53.